The summed E-state index contributed by atoms with van der Waals surface area (Å²) >= 11 is 1.50. The van der Waals surface area contributed by atoms with Crippen LogP contribution in [-0.4, -0.2) is 59.5 Å². The number of aromatic amines is 1. The van der Waals surface area contributed by atoms with Crippen molar-refractivity contribution in [1.29, 1.82) is 0 Å². The highest BCUT2D eigenvalue weighted by Gasteiger charge is 2.15. The molecule has 4 N–H and O–H groups in total. The van der Waals surface area contributed by atoms with Gasteiger partial charge in [0.25, 0.3) is 5.91 Å². The van der Waals surface area contributed by atoms with Crippen molar-refractivity contribution in [3.63, 3.8) is 0 Å². The van der Waals surface area contributed by atoms with E-state index in [-0.39, 0.29) is 5.91 Å². The molecule has 164 valence electrons. The van der Waals surface area contributed by atoms with Gasteiger partial charge in [-0.2, -0.15) is 0 Å². The number of benzene rings is 1. The molecule has 4 rings (SSSR count). The van der Waals surface area contributed by atoms with E-state index in [1.54, 1.807) is 12.3 Å². The molecule has 3 heterocycles. The minimum absolute atomic E-state index is 0.0461. The molecule has 0 bridgehead atoms. The third kappa shape index (κ3) is 6.00. The Morgan fingerprint density at radius 3 is 2.71 bits per heavy atom. The van der Waals surface area contributed by atoms with E-state index in [0.29, 0.717) is 25.5 Å². The molecule has 0 saturated carbocycles. The molecule has 9 heteroatoms. The molecule has 1 saturated heterocycles. The second-order valence-corrected chi connectivity index (χ2v) is 7.58. The van der Waals surface area contributed by atoms with Crippen molar-refractivity contribution in [1.82, 2.24) is 14.9 Å². The Kier molecular flexibility index (Phi) is 7.94. The molecule has 1 aliphatic heterocycles. The first kappa shape index (κ1) is 22.7. The van der Waals surface area contributed by atoms with Crippen molar-refractivity contribution in [2.45, 2.75) is 13.8 Å². The molecule has 0 radical (unpaired) electrons. The number of carbonyl (C=O) groups is 2. The molecule has 2 amide bonds. The van der Waals surface area contributed by atoms with Crippen molar-refractivity contribution < 1.29 is 14.3 Å². The Balaban J connectivity index is 0.00000132. The van der Waals surface area contributed by atoms with E-state index in [9.17, 15) is 9.59 Å². The van der Waals surface area contributed by atoms with Crippen LogP contribution in [0.25, 0.3) is 21.8 Å². The average Bonchev–Trinajstić information content (AvgIpc) is 3.46. The lowest BCUT2D eigenvalue weighted by atomic mass is 10.2. The van der Waals surface area contributed by atoms with Crippen molar-refractivity contribution in [2.75, 3.05) is 38.2 Å². The highest BCUT2D eigenvalue weighted by atomic mass is 32.1. The van der Waals surface area contributed by atoms with Gasteiger partial charge in [-0.3, -0.25) is 14.5 Å². The minimum atomic E-state index is -0.507. The number of thiazole rings is 1. The van der Waals surface area contributed by atoms with Gasteiger partial charge in [0.05, 0.1) is 25.5 Å². The van der Waals surface area contributed by atoms with Gasteiger partial charge in [0.1, 0.15) is 10.7 Å². The Labute approximate surface area is 185 Å². The summed E-state index contributed by atoms with van der Waals surface area (Å²) in [7, 11) is 0. The van der Waals surface area contributed by atoms with Crippen LogP contribution in [0, 0.1) is 0 Å². The summed E-state index contributed by atoms with van der Waals surface area (Å²) < 4.78 is 5.31. The molecular weight excluding hydrogens is 414 g/mol. The van der Waals surface area contributed by atoms with Crippen LogP contribution in [-0.2, 0) is 9.53 Å². The Morgan fingerprint density at radius 2 is 2.00 bits per heavy atom. The SMILES string of the molecule is CC.NC(=O)c1cc(-c2csc(-c3cccc(NC(=O)CN4CCOCC4)c3)n2)c[nH]1. The molecule has 2 aromatic heterocycles. The second kappa shape index (κ2) is 10.9. The lowest BCUT2D eigenvalue weighted by molar-refractivity contribution is -0.118. The van der Waals surface area contributed by atoms with Crippen LogP contribution in [0.5, 0.6) is 0 Å². The maximum absolute atomic E-state index is 12.3. The summed E-state index contributed by atoms with van der Waals surface area (Å²) in [5.41, 5.74) is 8.84. The van der Waals surface area contributed by atoms with Gasteiger partial charge in [0.2, 0.25) is 5.91 Å². The van der Waals surface area contributed by atoms with Crippen LogP contribution >= 0.6 is 11.3 Å². The molecule has 1 aromatic carbocycles. The number of rotatable bonds is 6. The minimum Gasteiger partial charge on any atom is -0.379 e. The normalized spacial score (nSPS) is 13.9. The van der Waals surface area contributed by atoms with Gasteiger partial charge in [0, 0.05) is 41.5 Å². The number of hydrogen-bond donors (Lipinski definition) is 3. The van der Waals surface area contributed by atoms with Gasteiger partial charge >= 0.3 is 0 Å². The Hall–Kier alpha value is -3.01. The molecule has 3 aromatic rings. The van der Waals surface area contributed by atoms with Crippen LogP contribution in [0.2, 0.25) is 0 Å². The van der Waals surface area contributed by atoms with E-state index in [4.69, 9.17) is 10.5 Å². The molecule has 1 aliphatic rings. The van der Waals surface area contributed by atoms with Gasteiger partial charge < -0.3 is 20.8 Å². The molecule has 8 nitrogen and oxygen atoms in total. The number of nitrogens with zero attached hydrogens (tertiary/aromatic N) is 2. The molecular formula is C22H27N5O3S. The predicted molar refractivity (Wildman–Crippen MR) is 123 cm³/mol. The van der Waals surface area contributed by atoms with Gasteiger partial charge in [-0.15, -0.1) is 11.3 Å². The number of ether oxygens (including phenoxy) is 1. The van der Waals surface area contributed by atoms with E-state index < -0.39 is 5.91 Å². The summed E-state index contributed by atoms with van der Waals surface area (Å²) in [6.07, 6.45) is 1.71. The molecule has 31 heavy (non-hydrogen) atoms. The number of H-pyrrole nitrogens is 1. The standard InChI is InChI=1S/C20H21N5O3S.C2H6/c21-19(27)16-9-14(10-22-16)17-12-29-20(24-17)13-2-1-3-15(8-13)23-18(26)11-25-4-6-28-7-5-25;1-2/h1-3,8-10,12,22H,4-7,11H2,(H2,21,27)(H,23,26);1-2H3. The van der Waals surface area contributed by atoms with Crippen molar-refractivity contribution in [3.05, 3.63) is 47.6 Å². The van der Waals surface area contributed by atoms with E-state index in [1.807, 2.05) is 43.5 Å². The Morgan fingerprint density at radius 1 is 1.23 bits per heavy atom. The number of nitrogens with one attached hydrogen (secondary N) is 2. The summed E-state index contributed by atoms with van der Waals surface area (Å²) in [6, 6.07) is 9.30. The summed E-state index contributed by atoms with van der Waals surface area (Å²) in [5, 5.41) is 5.70. The number of anilines is 1. The molecule has 0 atom stereocenters. The zero-order valence-electron chi connectivity index (χ0n) is 17.7. The van der Waals surface area contributed by atoms with Gasteiger partial charge in [-0.1, -0.05) is 26.0 Å². The average molecular weight is 442 g/mol. The number of morpholine rings is 1. The van der Waals surface area contributed by atoms with Crippen LogP contribution in [0.4, 0.5) is 5.69 Å². The van der Waals surface area contributed by atoms with Gasteiger partial charge in [-0.25, -0.2) is 4.98 Å². The van der Waals surface area contributed by atoms with Gasteiger partial charge in [-0.05, 0) is 18.2 Å². The highest BCUT2D eigenvalue weighted by Crippen LogP contribution is 2.30. The maximum atomic E-state index is 12.3. The van der Waals surface area contributed by atoms with Crippen molar-refractivity contribution in [2.24, 2.45) is 5.73 Å². The monoisotopic (exact) mass is 441 g/mol. The zero-order chi connectivity index (χ0) is 22.2. The predicted octanol–water partition coefficient (Wildman–Crippen LogP) is 3.20. The topological polar surface area (TPSA) is 113 Å². The third-order valence-electron chi connectivity index (χ3n) is 4.61. The van der Waals surface area contributed by atoms with Crippen LogP contribution < -0.4 is 11.1 Å². The second-order valence-electron chi connectivity index (χ2n) is 6.72. The van der Waals surface area contributed by atoms with E-state index in [1.165, 1.54) is 11.3 Å². The molecule has 0 spiro atoms. The molecule has 0 aliphatic carbocycles. The Bertz CT molecular complexity index is 1020. The highest BCUT2D eigenvalue weighted by molar-refractivity contribution is 7.13. The van der Waals surface area contributed by atoms with Crippen molar-refractivity contribution in [3.8, 4) is 21.8 Å². The maximum Gasteiger partial charge on any atom is 0.265 e. The number of nitrogens with two attached hydrogens (primary N) is 1. The van der Waals surface area contributed by atoms with Crippen LogP contribution in [0.1, 0.15) is 24.3 Å². The fourth-order valence-electron chi connectivity index (χ4n) is 3.12. The number of amides is 2. The van der Waals surface area contributed by atoms with Crippen LogP contribution in [0.3, 0.4) is 0 Å². The van der Waals surface area contributed by atoms with E-state index >= 15 is 0 Å². The van der Waals surface area contributed by atoms with E-state index in [2.05, 4.69) is 20.2 Å². The summed E-state index contributed by atoms with van der Waals surface area (Å²) in [6.45, 7) is 7.22. The summed E-state index contributed by atoms with van der Waals surface area (Å²) in [5.74, 6) is -0.553. The third-order valence-corrected chi connectivity index (χ3v) is 5.50. The molecule has 1 fully saturated rings. The number of carbonyl (C=O) groups excluding carboxylic acids is 2. The van der Waals surface area contributed by atoms with Crippen LogP contribution in [0.15, 0.2) is 41.9 Å². The largest absolute Gasteiger partial charge is 0.379 e. The van der Waals surface area contributed by atoms with Crippen molar-refractivity contribution >= 4 is 28.8 Å². The van der Waals surface area contributed by atoms with Gasteiger partial charge in [0.15, 0.2) is 0 Å². The quantitative estimate of drug-likeness (QED) is 0.544. The lowest BCUT2D eigenvalue weighted by Gasteiger charge is -2.25. The fraction of sp³-hybridized carbons (Fsp3) is 0.318. The number of aromatic nitrogens is 2. The zero-order valence-corrected chi connectivity index (χ0v) is 18.5. The number of hydrogen-bond acceptors (Lipinski definition) is 6. The fourth-order valence-corrected chi connectivity index (χ4v) is 3.94. The lowest BCUT2D eigenvalue weighted by Crippen LogP contribution is -2.41. The molecule has 0 unspecified atom stereocenters. The first-order valence-corrected chi connectivity index (χ1v) is 11.1. The first-order valence-electron chi connectivity index (χ1n) is 10.2. The summed E-state index contributed by atoms with van der Waals surface area (Å²) in [4.78, 5) is 33.2. The van der Waals surface area contributed by atoms with E-state index in [0.717, 1.165) is 40.6 Å². The number of primary amides is 1. The smallest absolute Gasteiger partial charge is 0.265 e. The first-order chi connectivity index (χ1) is 15.1.